The number of rotatable bonds is 1. The van der Waals surface area contributed by atoms with Gasteiger partial charge in [-0.1, -0.05) is 30.3 Å². The van der Waals surface area contributed by atoms with E-state index in [4.69, 9.17) is 0 Å². The summed E-state index contributed by atoms with van der Waals surface area (Å²) < 4.78 is 38.0. The van der Waals surface area contributed by atoms with E-state index >= 15 is 0 Å². The van der Waals surface area contributed by atoms with E-state index in [0.29, 0.717) is 12.8 Å². The van der Waals surface area contributed by atoms with Crippen LogP contribution in [0, 0.1) is 5.92 Å². The van der Waals surface area contributed by atoms with E-state index < -0.39 is 17.9 Å². The van der Waals surface area contributed by atoms with Crippen LogP contribution in [0.3, 0.4) is 0 Å². The minimum absolute atomic E-state index is 0.0315. The molecule has 0 spiro atoms. The van der Waals surface area contributed by atoms with Crippen molar-refractivity contribution >= 4 is 5.78 Å². The highest BCUT2D eigenvalue weighted by molar-refractivity contribution is 5.82. The maximum Gasteiger partial charge on any atom is 0.398 e. The first-order valence-electron chi connectivity index (χ1n) is 6.13. The van der Waals surface area contributed by atoms with Gasteiger partial charge in [0, 0.05) is 6.42 Å². The van der Waals surface area contributed by atoms with Crippen LogP contribution >= 0.6 is 0 Å². The van der Waals surface area contributed by atoms with E-state index in [1.807, 2.05) is 30.3 Å². The molecule has 1 saturated carbocycles. The molecular weight excluding hydrogens is 241 g/mol. The first kappa shape index (κ1) is 13.1. The molecular formula is C14H15F3O. The maximum atomic E-state index is 12.7. The van der Waals surface area contributed by atoms with Crippen molar-refractivity contribution in [2.45, 2.75) is 37.8 Å². The predicted molar refractivity (Wildman–Crippen MR) is 62.2 cm³/mol. The second-order valence-electron chi connectivity index (χ2n) is 4.78. The van der Waals surface area contributed by atoms with Crippen LogP contribution < -0.4 is 0 Å². The number of hydrogen-bond donors (Lipinski definition) is 0. The molecule has 1 fully saturated rings. The fourth-order valence-corrected chi connectivity index (χ4v) is 2.57. The number of hydrogen-bond acceptors (Lipinski definition) is 1. The lowest BCUT2D eigenvalue weighted by Crippen LogP contribution is -2.29. The Balaban J connectivity index is 2.11. The highest BCUT2D eigenvalue weighted by atomic mass is 19.4. The Morgan fingerprint density at radius 2 is 1.67 bits per heavy atom. The van der Waals surface area contributed by atoms with Gasteiger partial charge in [-0.3, -0.25) is 4.79 Å². The Bertz CT molecular complexity index is 411. The Labute approximate surface area is 104 Å². The molecule has 0 amide bonds. The number of Topliss-reactive ketones (excluding diaryl/α,β-unsaturated/α-hetero) is 1. The molecule has 2 atom stereocenters. The molecule has 0 radical (unpaired) electrons. The van der Waals surface area contributed by atoms with E-state index in [9.17, 15) is 18.0 Å². The molecule has 18 heavy (non-hydrogen) atoms. The standard InChI is InChI=1S/C14H15F3O/c15-14(16,17)12-8-6-11(7-9-13(12)18)10-4-2-1-3-5-10/h1-5,11-12H,6-9H2/t11-,12-/m0/s1. The first-order valence-corrected chi connectivity index (χ1v) is 6.13. The largest absolute Gasteiger partial charge is 0.398 e. The van der Waals surface area contributed by atoms with Gasteiger partial charge in [0.1, 0.15) is 11.7 Å². The Morgan fingerprint density at radius 3 is 2.28 bits per heavy atom. The number of carbonyl (C=O) groups excluding carboxylic acids is 1. The van der Waals surface area contributed by atoms with Crippen LogP contribution in [0.5, 0.6) is 0 Å². The normalized spacial score (nSPS) is 25.8. The van der Waals surface area contributed by atoms with Gasteiger partial charge in [-0.25, -0.2) is 0 Å². The smallest absolute Gasteiger partial charge is 0.299 e. The summed E-state index contributed by atoms with van der Waals surface area (Å²) in [6, 6.07) is 9.47. The number of alkyl halides is 3. The highest BCUT2D eigenvalue weighted by Gasteiger charge is 2.45. The van der Waals surface area contributed by atoms with Crippen LogP contribution in [-0.2, 0) is 4.79 Å². The van der Waals surface area contributed by atoms with Crippen molar-refractivity contribution in [3.05, 3.63) is 35.9 Å². The van der Waals surface area contributed by atoms with Crippen molar-refractivity contribution in [1.82, 2.24) is 0 Å². The molecule has 2 rings (SSSR count). The molecule has 0 saturated heterocycles. The summed E-state index contributed by atoms with van der Waals surface area (Å²) in [5.41, 5.74) is 1.04. The van der Waals surface area contributed by atoms with E-state index in [1.54, 1.807) is 0 Å². The van der Waals surface area contributed by atoms with Gasteiger partial charge >= 0.3 is 6.18 Å². The summed E-state index contributed by atoms with van der Waals surface area (Å²) >= 11 is 0. The summed E-state index contributed by atoms with van der Waals surface area (Å²) in [5, 5.41) is 0. The lowest BCUT2D eigenvalue weighted by Gasteiger charge is -2.17. The molecule has 1 aliphatic carbocycles. The van der Waals surface area contributed by atoms with Crippen molar-refractivity contribution in [2.75, 3.05) is 0 Å². The molecule has 0 unspecified atom stereocenters. The van der Waals surface area contributed by atoms with Gasteiger partial charge in [-0.2, -0.15) is 13.2 Å². The third-order valence-corrected chi connectivity index (χ3v) is 3.60. The lowest BCUT2D eigenvalue weighted by atomic mass is 9.91. The molecule has 0 aromatic heterocycles. The van der Waals surface area contributed by atoms with Crippen molar-refractivity contribution < 1.29 is 18.0 Å². The third-order valence-electron chi connectivity index (χ3n) is 3.60. The molecule has 0 aliphatic heterocycles. The zero-order valence-corrected chi connectivity index (χ0v) is 9.91. The SMILES string of the molecule is O=C1CC[C@@H](c2ccccc2)CC[C@@H]1C(F)(F)F. The number of ketones is 1. The lowest BCUT2D eigenvalue weighted by molar-refractivity contribution is -0.182. The van der Waals surface area contributed by atoms with Gasteiger partial charge in [0.15, 0.2) is 0 Å². The van der Waals surface area contributed by atoms with E-state index in [2.05, 4.69) is 0 Å². The quantitative estimate of drug-likeness (QED) is 0.691. The van der Waals surface area contributed by atoms with Gasteiger partial charge < -0.3 is 0 Å². The van der Waals surface area contributed by atoms with Gasteiger partial charge in [-0.15, -0.1) is 0 Å². The van der Waals surface area contributed by atoms with Crippen LogP contribution in [0.1, 0.15) is 37.2 Å². The van der Waals surface area contributed by atoms with Gasteiger partial charge in [0.25, 0.3) is 0 Å². The average Bonchev–Trinajstić information content (AvgIpc) is 2.52. The molecule has 1 aromatic carbocycles. The van der Waals surface area contributed by atoms with Crippen molar-refractivity contribution in [3.8, 4) is 0 Å². The van der Waals surface area contributed by atoms with Crippen LogP contribution in [0.4, 0.5) is 13.2 Å². The Hall–Kier alpha value is -1.32. The molecule has 1 nitrogen and oxygen atoms in total. The van der Waals surface area contributed by atoms with Crippen molar-refractivity contribution in [1.29, 1.82) is 0 Å². The number of carbonyl (C=O) groups is 1. The second kappa shape index (κ2) is 5.12. The summed E-state index contributed by atoms with van der Waals surface area (Å²) in [6.45, 7) is 0. The summed E-state index contributed by atoms with van der Waals surface area (Å²) in [5.74, 6) is -2.34. The molecule has 4 heteroatoms. The summed E-state index contributed by atoms with van der Waals surface area (Å²) in [4.78, 5) is 11.5. The molecule has 0 heterocycles. The minimum Gasteiger partial charge on any atom is -0.299 e. The fourth-order valence-electron chi connectivity index (χ4n) is 2.57. The minimum atomic E-state index is -4.39. The zero-order valence-electron chi connectivity index (χ0n) is 9.91. The van der Waals surface area contributed by atoms with Gasteiger partial charge in [0.2, 0.25) is 0 Å². The highest BCUT2D eigenvalue weighted by Crippen LogP contribution is 2.39. The number of halogens is 3. The molecule has 0 N–H and O–H groups in total. The van der Waals surface area contributed by atoms with Crippen LogP contribution in [-0.4, -0.2) is 12.0 Å². The van der Waals surface area contributed by atoms with E-state index in [0.717, 1.165) is 5.56 Å². The monoisotopic (exact) mass is 256 g/mol. The van der Waals surface area contributed by atoms with Crippen LogP contribution in [0.15, 0.2) is 30.3 Å². The number of benzene rings is 1. The van der Waals surface area contributed by atoms with Crippen molar-refractivity contribution in [2.24, 2.45) is 5.92 Å². The van der Waals surface area contributed by atoms with Crippen molar-refractivity contribution in [3.63, 3.8) is 0 Å². The molecule has 1 aromatic rings. The molecule has 0 bridgehead atoms. The Kier molecular flexibility index (Phi) is 3.73. The van der Waals surface area contributed by atoms with E-state index in [1.165, 1.54) is 0 Å². The molecule has 1 aliphatic rings. The Morgan fingerprint density at radius 1 is 1.00 bits per heavy atom. The average molecular weight is 256 g/mol. The van der Waals surface area contributed by atoms with Gasteiger partial charge in [-0.05, 0) is 30.7 Å². The van der Waals surface area contributed by atoms with Crippen LogP contribution in [0.2, 0.25) is 0 Å². The van der Waals surface area contributed by atoms with Gasteiger partial charge in [0.05, 0.1) is 0 Å². The summed E-state index contributed by atoms with van der Waals surface area (Å²) in [6.07, 6.45) is -3.48. The zero-order chi connectivity index (χ0) is 13.2. The topological polar surface area (TPSA) is 17.1 Å². The predicted octanol–water partition coefficient (Wildman–Crippen LogP) is 4.09. The van der Waals surface area contributed by atoms with Crippen LogP contribution in [0.25, 0.3) is 0 Å². The summed E-state index contributed by atoms with van der Waals surface area (Å²) in [7, 11) is 0. The second-order valence-corrected chi connectivity index (χ2v) is 4.78. The first-order chi connectivity index (χ1) is 8.48. The fraction of sp³-hybridized carbons (Fsp3) is 0.500. The van der Waals surface area contributed by atoms with E-state index in [-0.39, 0.29) is 18.8 Å². The maximum absolute atomic E-state index is 12.7. The molecule has 98 valence electrons. The third kappa shape index (κ3) is 2.92.